The first-order valence-electron chi connectivity index (χ1n) is 6.62. The molecule has 6 heteroatoms. The van der Waals surface area contributed by atoms with Crippen molar-refractivity contribution in [1.82, 2.24) is 15.5 Å². The standard InChI is InChI=1S/C12H22N4OS/c1-4-6-13-10-8-18-7-9(10)11-14-12(15-17-11)16(3)5-2/h9-10,13H,4-8H2,1-3H3. The second kappa shape index (κ2) is 6.43. The van der Waals surface area contributed by atoms with Crippen molar-refractivity contribution in [2.24, 2.45) is 0 Å². The molecule has 1 aliphatic heterocycles. The summed E-state index contributed by atoms with van der Waals surface area (Å²) in [4.78, 5) is 6.51. The number of anilines is 1. The van der Waals surface area contributed by atoms with E-state index in [9.17, 15) is 0 Å². The minimum absolute atomic E-state index is 0.355. The Bertz CT molecular complexity index is 371. The van der Waals surface area contributed by atoms with Gasteiger partial charge in [0.15, 0.2) is 0 Å². The van der Waals surface area contributed by atoms with Gasteiger partial charge in [-0.1, -0.05) is 6.92 Å². The van der Waals surface area contributed by atoms with Crippen molar-refractivity contribution < 1.29 is 4.52 Å². The molecule has 1 aromatic rings. The smallest absolute Gasteiger partial charge is 0.265 e. The van der Waals surface area contributed by atoms with Crippen LogP contribution in [0.5, 0.6) is 0 Å². The van der Waals surface area contributed by atoms with Crippen molar-refractivity contribution >= 4 is 17.7 Å². The summed E-state index contributed by atoms with van der Waals surface area (Å²) in [6.07, 6.45) is 1.15. The monoisotopic (exact) mass is 270 g/mol. The summed E-state index contributed by atoms with van der Waals surface area (Å²) in [7, 11) is 1.98. The number of rotatable bonds is 6. The quantitative estimate of drug-likeness (QED) is 0.849. The van der Waals surface area contributed by atoms with Crippen molar-refractivity contribution in [3.05, 3.63) is 5.89 Å². The first-order valence-corrected chi connectivity index (χ1v) is 7.77. The average Bonchev–Trinajstić information content (AvgIpc) is 3.03. The van der Waals surface area contributed by atoms with E-state index in [1.807, 2.05) is 23.7 Å². The molecule has 2 atom stereocenters. The zero-order chi connectivity index (χ0) is 13.0. The van der Waals surface area contributed by atoms with Crippen molar-refractivity contribution in [3.8, 4) is 0 Å². The molecule has 0 spiro atoms. The lowest BCUT2D eigenvalue weighted by atomic mass is 10.0. The fourth-order valence-corrected chi connectivity index (χ4v) is 3.37. The largest absolute Gasteiger partial charge is 0.342 e. The van der Waals surface area contributed by atoms with E-state index in [-0.39, 0.29) is 0 Å². The molecule has 0 saturated carbocycles. The van der Waals surface area contributed by atoms with Gasteiger partial charge in [0.2, 0.25) is 5.89 Å². The number of nitrogens with one attached hydrogen (secondary N) is 1. The van der Waals surface area contributed by atoms with Crippen LogP contribution < -0.4 is 10.2 Å². The Kier molecular flexibility index (Phi) is 4.88. The third kappa shape index (κ3) is 2.98. The molecule has 18 heavy (non-hydrogen) atoms. The fraction of sp³-hybridized carbons (Fsp3) is 0.833. The molecular weight excluding hydrogens is 248 g/mol. The molecule has 1 N–H and O–H groups in total. The minimum atomic E-state index is 0.355. The summed E-state index contributed by atoms with van der Waals surface area (Å²) in [6.45, 7) is 6.20. The van der Waals surface area contributed by atoms with Gasteiger partial charge in [-0.3, -0.25) is 0 Å². The first kappa shape index (κ1) is 13.7. The SMILES string of the molecule is CCCNC1CSCC1c1nc(N(C)CC)no1. The molecule has 2 heterocycles. The summed E-state index contributed by atoms with van der Waals surface area (Å²) in [5.41, 5.74) is 0. The number of hydrogen-bond acceptors (Lipinski definition) is 6. The van der Waals surface area contributed by atoms with Crippen LogP contribution in [0.15, 0.2) is 4.52 Å². The van der Waals surface area contributed by atoms with Crippen LogP contribution in [-0.2, 0) is 0 Å². The molecular formula is C12H22N4OS. The highest BCUT2D eigenvalue weighted by Crippen LogP contribution is 2.32. The van der Waals surface area contributed by atoms with Gasteiger partial charge in [0, 0.05) is 31.1 Å². The van der Waals surface area contributed by atoms with Gasteiger partial charge in [0.25, 0.3) is 5.95 Å². The summed E-state index contributed by atoms with van der Waals surface area (Å²) in [5.74, 6) is 4.03. The van der Waals surface area contributed by atoms with Crippen LogP contribution in [0, 0.1) is 0 Å². The summed E-state index contributed by atoms with van der Waals surface area (Å²) >= 11 is 1.96. The maximum absolute atomic E-state index is 5.43. The maximum Gasteiger partial charge on any atom is 0.265 e. The third-order valence-electron chi connectivity index (χ3n) is 3.30. The van der Waals surface area contributed by atoms with Crippen LogP contribution in [0.2, 0.25) is 0 Å². The van der Waals surface area contributed by atoms with Gasteiger partial charge in [-0.25, -0.2) is 0 Å². The molecule has 102 valence electrons. The Hall–Kier alpha value is -0.750. The van der Waals surface area contributed by atoms with E-state index in [2.05, 4.69) is 29.3 Å². The topological polar surface area (TPSA) is 54.2 Å². The van der Waals surface area contributed by atoms with Gasteiger partial charge in [0.1, 0.15) is 0 Å². The summed E-state index contributed by atoms with van der Waals surface area (Å²) in [5, 5.41) is 7.62. The summed E-state index contributed by atoms with van der Waals surface area (Å²) in [6, 6.07) is 0.468. The maximum atomic E-state index is 5.43. The lowest BCUT2D eigenvalue weighted by Gasteiger charge is -2.16. The average molecular weight is 270 g/mol. The van der Waals surface area contributed by atoms with Gasteiger partial charge in [-0.05, 0) is 25.0 Å². The normalized spacial score (nSPS) is 23.5. The van der Waals surface area contributed by atoms with Crippen LogP contribution in [0.3, 0.4) is 0 Å². The van der Waals surface area contributed by atoms with Crippen molar-refractivity contribution in [1.29, 1.82) is 0 Å². The Balaban J connectivity index is 2.03. The highest BCUT2D eigenvalue weighted by Gasteiger charge is 2.33. The van der Waals surface area contributed by atoms with Crippen LogP contribution in [0.25, 0.3) is 0 Å². The Labute approximate surface area is 113 Å². The van der Waals surface area contributed by atoms with E-state index in [1.54, 1.807) is 0 Å². The number of hydrogen-bond donors (Lipinski definition) is 1. The van der Waals surface area contributed by atoms with Gasteiger partial charge in [0.05, 0.1) is 5.92 Å². The molecule has 2 rings (SSSR count). The number of thioether (sulfide) groups is 1. The predicted octanol–water partition coefficient (Wildman–Crippen LogP) is 1.72. The third-order valence-corrected chi connectivity index (χ3v) is 4.49. The minimum Gasteiger partial charge on any atom is -0.342 e. The Morgan fingerprint density at radius 1 is 1.44 bits per heavy atom. The second-order valence-corrected chi connectivity index (χ2v) is 5.73. The van der Waals surface area contributed by atoms with E-state index < -0.39 is 0 Å². The highest BCUT2D eigenvalue weighted by atomic mass is 32.2. The Morgan fingerprint density at radius 2 is 2.28 bits per heavy atom. The van der Waals surface area contributed by atoms with Crippen LogP contribution in [-0.4, -0.2) is 47.8 Å². The molecule has 0 amide bonds. The van der Waals surface area contributed by atoms with Gasteiger partial charge >= 0.3 is 0 Å². The molecule has 0 aliphatic carbocycles. The predicted molar refractivity (Wildman–Crippen MR) is 75.4 cm³/mol. The second-order valence-electron chi connectivity index (χ2n) is 4.65. The number of nitrogens with zero attached hydrogens (tertiary/aromatic N) is 3. The molecule has 1 fully saturated rings. The molecule has 0 aromatic carbocycles. The fourth-order valence-electron chi connectivity index (χ4n) is 2.00. The molecule has 5 nitrogen and oxygen atoms in total. The highest BCUT2D eigenvalue weighted by molar-refractivity contribution is 7.99. The van der Waals surface area contributed by atoms with Crippen molar-refractivity contribution in [2.45, 2.75) is 32.2 Å². The molecule has 1 aliphatic rings. The van der Waals surface area contributed by atoms with Gasteiger partial charge < -0.3 is 14.7 Å². The zero-order valence-electron chi connectivity index (χ0n) is 11.3. The Morgan fingerprint density at radius 3 is 3.00 bits per heavy atom. The molecule has 0 radical (unpaired) electrons. The lowest BCUT2D eigenvalue weighted by molar-refractivity contribution is 0.339. The molecule has 2 unspecified atom stereocenters. The summed E-state index contributed by atoms with van der Waals surface area (Å²) < 4.78 is 5.43. The van der Waals surface area contributed by atoms with E-state index >= 15 is 0 Å². The van der Waals surface area contributed by atoms with Crippen LogP contribution in [0.4, 0.5) is 5.95 Å². The van der Waals surface area contributed by atoms with E-state index in [1.165, 1.54) is 0 Å². The molecule has 1 saturated heterocycles. The zero-order valence-corrected chi connectivity index (χ0v) is 12.2. The first-order chi connectivity index (χ1) is 8.76. The van der Waals surface area contributed by atoms with Crippen LogP contribution >= 0.6 is 11.8 Å². The number of aromatic nitrogens is 2. The lowest BCUT2D eigenvalue weighted by Crippen LogP contribution is -2.34. The van der Waals surface area contributed by atoms with Crippen molar-refractivity contribution in [2.75, 3.05) is 36.5 Å². The molecule has 0 bridgehead atoms. The van der Waals surface area contributed by atoms with E-state index in [0.717, 1.165) is 36.9 Å². The van der Waals surface area contributed by atoms with Gasteiger partial charge in [-0.2, -0.15) is 16.7 Å². The van der Waals surface area contributed by atoms with E-state index in [4.69, 9.17) is 4.52 Å². The van der Waals surface area contributed by atoms with Crippen molar-refractivity contribution in [3.63, 3.8) is 0 Å². The van der Waals surface area contributed by atoms with E-state index in [0.29, 0.717) is 17.9 Å². The molecule has 1 aromatic heterocycles. The van der Waals surface area contributed by atoms with Crippen LogP contribution in [0.1, 0.15) is 32.1 Å². The van der Waals surface area contributed by atoms with Gasteiger partial charge in [-0.15, -0.1) is 0 Å².